The maximum atomic E-state index is 9.20. The molecule has 1 atom stereocenters. The fraction of sp³-hybridized carbons (Fsp3) is 0.692. The van der Waals surface area contributed by atoms with Crippen LogP contribution in [0.2, 0.25) is 0 Å². The van der Waals surface area contributed by atoms with Crippen LogP contribution >= 0.6 is 0 Å². The predicted octanol–water partition coefficient (Wildman–Crippen LogP) is 0.426. The molecule has 2 heterocycles. The standard InChI is InChI=1S/C13H22N4O2/c1-2-19-13-9-14-8-12(16-13)17(6-7-18)10-11-4-3-5-15-11/h8-9,11,15,18H,2-7,10H2,1H3. The van der Waals surface area contributed by atoms with E-state index in [2.05, 4.69) is 20.2 Å². The average molecular weight is 266 g/mol. The van der Waals surface area contributed by atoms with E-state index in [1.54, 1.807) is 12.4 Å². The lowest BCUT2D eigenvalue weighted by Gasteiger charge is -2.26. The third-order valence-electron chi connectivity index (χ3n) is 3.19. The Labute approximate surface area is 113 Å². The number of anilines is 1. The summed E-state index contributed by atoms with van der Waals surface area (Å²) in [6, 6.07) is 0.462. The summed E-state index contributed by atoms with van der Waals surface area (Å²) in [4.78, 5) is 10.6. The molecule has 1 aromatic rings. The lowest BCUT2D eigenvalue weighted by molar-refractivity contribution is 0.299. The first kappa shape index (κ1) is 14.0. The molecule has 6 heteroatoms. The summed E-state index contributed by atoms with van der Waals surface area (Å²) < 4.78 is 5.37. The molecule has 1 aromatic heterocycles. The number of aliphatic hydroxyl groups is 1. The SMILES string of the molecule is CCOc1cncc(N(CCO)CC2CCCN2)n1. The van der Waals surface area contributed by atoms with Crippen molar-refractivity contribution in [2.24, 2.45) is 0 Å². The van der Waals surface area contributed by atoms with Crippen molar-refractivity contribution < 1.29 is 9.84 Å². The van der Waals surface area contributed by atoms with Crippen LogP contribution in [0.15, 0.2) is 12.4 Å². The van der Waals surface area contributed by atoms with Crippen molar-refractivity contribution >= 4 is 5.82 Å². The van der Waals surface area contributed by atoms with E-state index in [1.807, 2.05) is 6.92 Å². The maximum absolute atomic E-state index is 9.20. The first-order valence-electron chi connectivity index (χ1n) is 6.87. The van der Waals surface area contributed by atoms with Gasteiger partial charge in [-0.1, -0.05) is 0 Å². The predicted molar refractivity (Wildman–Crippen MR) is 73.5 cm³/mol. The van der Waals surface area contributed by atoms with Crippen molar-refractivity contribution in [2.75, 3.05) is 37.7 Å². The number of aliphatic hydroxyl groups excluding tert-OH is 1. The van der Waals surface area contributed by atoms with E-state index in [1.165, 1.54) is 12.8 Å². The Hall–Kier alpha value is -1.40. The van der Waals surface area contributed by atoms with Gasteiger partial charge in [-0.15, -0.1) is 0 Å². The molecular formula is C13H22N4O2. The second-order valence-electron chi connectivity index (χ2n) is 4.61. The van der Waals surface area contributed by atoms with Gasteiger partial charge < -0.3 is 20.1 Å². The van der Waals surface area contributed by atoms with Crippen molar-refractivity contribution in [3.63, 3.8) is 0 Å². The van der Waals surface area contributed by atoms with Gasteiger partial charge in [0.2, 0.25) is 5.88 Å². The molecule has 0 amide bonds. The zero-order valence-electron chi connectivity index (χ0n) is 11.4. The van der Waals surface area contributed by atoms with Crippen LogP contribution in [-0.4, -0.2) is 54.0 Å². The molecular weight excluding hydrogens is 244 g/mol. The minimum Gasteiger partial charge on any atom is -0.477 e. The van der Waals surface area contributed by atoms with Crippen LogP contribution in [0, 0.1) is 0 Å². The fourth-order valence-corrected chi connectivity index (χ4v) is 2.31. The molecule has 2 N–H and O–H groups in total. The van der Waals surface area contributed by atoms with Crippen LogP contribution in [0.1, 0.15) is 19.8 Å². The first-order chi connectivity index (χ1) is 9.33. The van der Waals surface area contributed by atoms with E-state index in [0.717, 1.165) is 18.9 Å². The molecule has 0 aromatic carbocycles. The summed E-state index contributed by atoms with van der Waals surface area (Å²) in [5.41, 5.74) is 0. The van der Waals surface area contributed by atoms with Gasteiger partial charge >= 0.3 is 0 Å². The monoisotopic (exact) mass is 266 g/mol. The maximum Gasteiger partial charge on any atom is 0.234 e. The lowest BCUT2D eigenvalue weighted by atomic mass is 10.2. The zero-order valence-corrected chi connectivity index (χ0v) is 11.4. The third kappa shape index (κ3) is 4.04. The van der Waals surface area contributed by atoms with Crippen LogP contribution < -0.4 is 15.0 Å². The number of nitrogens with zero attached hydrogens (tertiary/aromatic N) is 3. The van der Waals surface area contributed by atoms with E-state index >= 15 is 0 Å². The summed E-state index contributed by atoms with van der Waals surface area (Å²) in [6.07, 6.45) is 5.70. The van der Waals surface area contributed by atoms with Crippen LogP contribution in [0.4, 0.5) is 5.82 Å². The number of rotatable bonds is 7. The van der Waals surface area contributed by atoms with E-state index in [4.69, 9.17) is 4.74 Å². The highest BCUT2D eigenvalue weighted by Gasteiger charge is 2.19. The van der Waals surface area contributed by atoms with Gasteiger partial charge in [0.15, 0.2) is 5.82 Å². The minimum atomic E-state index is 0.104. The summed E-state index contributed by atoms with van der Waals surface area (Å²) in [7, 11) is 0. The van der Waals surface area contributed by atoms with Gasteiger partial charge in [0.05, 0.1) is 25.6 Å². The second kappa shape index (κ2) is 7.25. The summed E-state index contributed by atoms with van der Waals surface area (Å²) >= 11 is 0. The molecule has 0 saturated carbocycles. The summed E-state index contributed by atoms with van der Waals surface area (Å²) in [5.74, 6) is 1.29. The van der Waals surface area contributed by atoms with Gasteiger partial charge in [-0.3, -0.25) is 4.98 Å². The zero-order chi connectivity index (χ0) is 13.5. The number of aromatic nitrogens is 2. The number of hydrogen-bond acceptors (Lipinski definition) is 6. The Morgan fingerprint density at radius 3 is 3.11 bits per heavy atom. The molecule has 1 saturated heterocycles. The van der Waals surface area contributed by atoms with Crippen LogP contribution in [-0.2, 0) is 0 Å². The van der Waals surface area contributed by atoms with Gasteiger partial charge in [-0.2, -0.15) is 4.98 Å². The molecule has 0 radical (unpaired) electrons. The minimum absolute atomic E-state index is 0.104. The van der Waals surface area contributed by atoms with E-state index in [-0.39, 0.29) is 6.61 Å². The molecule has 0 bridgehead atoms. The average Bonchev–Trinajstić information content (AvgIpc) is 2.92. The van der Waals surface area contributed by atoms with Gasteiger partial charge in [-0.25, -0.2) is 0 Å². The second-order valence-corrected chi connectivity index (χ2v) is 4.61. The molecule has 1 aliphatic heterocycles. The van der Waals surface area contributed by atoms with E-state index < -0.39 is 0 Å². The Morgan fingerprint density at radius 1 is 1.53 bits per heavy atom. The molecule has 1 aliphatic rings. The smallest absolute Gasteiger partial charge is 0.234 e. The quantitative estimate of drug-likeness (QED) is 0.745. The lowest BCUT2D eigenvalue weighted by Crippen LogP contribution is -2.39. The molecule has 2 rings (SSSR count). The van der Waals surface area contributed by atoms with Gasteiger partial charge in [0, 0.05) is 19.1 Å². The van der Waals surface area contributed by atoms with Gasteiger partial charge in [-0.05, 0) is 26.3 Å². The normalized spacial score (nSPS) is 18.5. The molecule has 0 aliphatic carbocycles. The third-order valence-corrected chi connectivity index (χ3v) is 3.19. The van der Waals surface area contributed by atoms with Crippen molar-refractivity contribution in [1.29, 1.82) is 0 Å². The molecule has 6 nitrogen and oxygen atoms in total. The van der Waals surface area contributed by atoms with Crippen molar-refractivity contribution in [3.05, 3.63) is 12.4 Å². The molecule has 1 fully saturated rings. The van der Waals surface area contributed by atoms with Gasteiger partial charge in [0.1, 0.15) is 0 Å². The van der Waals surface area contributed by atoms with Crippen molar-refractivity contribution in [2.45, 2.75) is 25.8 Å². The Morgan fingerprint density at radius 2 is 2.42 bits per heavy atom. The largest absolute Gasteiger partial charge is 0.477 e. The van der Waals surface area contributed by atoms with Gasteiger partial charge in [0.25, 0.3) is 0 Å². The van der Waals surface area contributed by atoms with E-state index in [9.17, 15) is 5.11 Å². The molecule has 0 spiro atoms. The number of ether oxygens (including phenoxy) is 1. The fourth-order valence-electron chi connectivity index (χ4n) is 2.31. The van der Waals surface area contributed by atoms with Crippen molar-refractivity contribution in [3.8, 4) is 5.88 Å². The van der Waals surface area contributed by atoms with Crippen LogP contribution in [0.5, 0.6) is 5.88 Å². The highest BCUT2D eigenvalue weighted by atomic mass is 16.5. The Kier molecular flexibility index (Phi) is 5.35. The topological polar surface area (TPSA) is 70.5 Å². The van der Waals surface area contributed by atoms with Crippen LogP contribution in [0.3, 0.4) is 0 Å². The number of nitrogens with one attached hydrogen (secondary N) is 1. The van der Waals surface area contributed by atoms with E-state index in [0.29, 0.717) is 25.1 Å². The number of hydrogen-bond donors (Lipinski definition) is 2. The highest BCUT2D eigenvalue weighted by molar-refractivity contribution is 5.38. The van der Waals surface area contributed by atoms with Crippen LogP contribution in [0.25, 0.3) is 0 Å². The first-order valence-corrected chi connectivity index (χ1v) is 6.87. The molecule has 1 unspecified atom stereocenters. The summed E-state index contributed by atoms with van der Waals surface area (Å²) in [5, 5.41) is 12.7. The highest BCUT2D eigenvalue weighted by Crippen LogP contribution is 2.16. The molecule has 19 heavy (non-hydrogen) atoms. The Bertz CT molecular complexity index is 383. The Balaban J connectivity index is 2.05. The summed E-state index contributed by atoms with van der Waals surface area (Å²) in [6.45, 7) is 5.06. The van der Waals surface area contributed by atoms with Crippen molar-refractivity contribution in [1.82, 2.24) is 15.3 Å². The molecule has 106 valence electrons.